The monoisotopic (exact) mass is 180 g/mol. The highest BCUT2D eigenvalue weighted by Gasteiger charge is 2.23. The SMILES string of the molecule is O=C1N=NC=C2C=C(Cl)C=CC12. The Hall–Kier alpha value is -1.22. The molecule has 0 aromatic rings. The molecule has 1 aliphatic heterocycles. The van der Waals surface area contributed by atoms with Crippen LogP contribution in [0.2, 0.25) is 0 Å². The zero-order chi connectivity index (χ0) is 8.55. The molecule has 0 spiro atoms. The molecule has 0 N–H and O–H groups in total. The van der Waals surface area contributed by atoms with Crippen LogP contribution in [0.25, 0.3) is 0 Å². The topological polar surface area (TPSA) is 41.8 Å². The Morgan fingerprint density at radius 2 is 2.33 bits per heavy atom. The van der Waals surface area contributed by atoms with Crippen molar-refractivity contribution in [2.75, 3.05) is 0 Å². The van der Waals surface area contributed by atoms with Crippen LogP contribution in [0.1, 0.15) is 0 Å². The molecule has 0 bridgehead atoms. The lowest BCUT2D eigenvalue weighted by molar-refractivity contribution is -0.120. The van der Waals surface area contributed by atoms with Crippen LogP contribution >= 0.6 is 11.6 Å². The van der Waals surface area contributed by atoms with Gasteiger partial charge in [-0.3, -0.25) is 4.79 Å². The van der Waals surface area contributed by atoms with Gasteiger partial charge < -0.3 is 0 Å². The van der Waals surface area contributed by atoms with Gasteiger partial charge in [0.25, 0.3) is 5.91 Å². The minimum absolute atomic E-state index is 0.232. The summed E-state index contributed by atoms with van der Waals surface area (Å²) in [6.45, 7) is 0. The van der Waals surface area contributed by atoms with Gasteiger partial charge in [-0.15, -0.1) is 5.11 Å². The second-order valence-corrected chi connectivity index (χ2v) is 2.99. The Kier molecular flexibility index (Phi) is 1.66. The van der Waals surface area contributed by atoms with Crippen LogP contribution in [0.15, 0.2) is 45.3 Å². The third-order valence-corrected chi connectivity index (χ3v) is 1.98. The molecule has 60 valence electrons. The quantitative estimate of drug-likeness (QED) is 0.563. The number of amides is 1. The van der Waals surface area contributed by atoms with Crippen molar-refractivity contribution in [1.82, 2.24) is 0 Å². The van der Waals surface area contributed by atoms with E-state index in [-0.39, 0.29) is 11.8 Å². The molecule has 12 heavy (non-hydrogen) atoms. The van der Waals surface area contributed by atoms with Crippen molar-refractivity contribution in [1.29, 1.82) is 0 Å². The van der Waals surface area contributed by atoms with E-state index in [9.17, 15) is 4.79 Å². The summed E-state index contributed by atoms with van der Waals surface area (Å²) >= 11 is 5.73. The predicted molar refractivity (Wildman–Crippen MR) is 44.5 cm³/mol. The third kappa shape index (κ3) is 1.12. The number of carbonyl (C=O) groups is 1. The lowest BCUT2D eigenvalue weighted by Gasteiger charge is -2.15. The summed E-state index contributed by atoms with van der Waals surface area (Å²) in [6, 6.07) is 0. The van der Waals surface area contributed by atoms with Crippen LogP contribution in [0.5, 0.6) is 0 Å². The molecule has 1 amide bonds. The first kappa shape index (κ1) is 7.43. The molecule has 2 aliphatic rings. The number of fused-ring (bicyclic) bond motifs is 1. The molecule has 0 saturated heterocycles. The maximum Gasteiger partial charge on any atom is 0.275 e. The summed E-state index contributed by atoms with van der Waals surface area (Å²) in [5, 5.41) is 7.59. The average Bonchev–Trinajstić information content (AvgIpc) is 2.04. The van der Waals surface area contributed by atoms with Gasteiger partial charge in [0.15, 0.2) is 0 Å². The van der Waals surface area contributed by atoms with Crippen LogP contribution in [0.3, 0.4) is 0 Å². The largest absolute Gasteiger partial charge is 0.275 e. The van der Waals surface area contributed by atoms with Gasteiger partial charge in [0.2, 0.25) is 0 Å². The second kappa shape index (κ2) is 2.68. The number of hydrogen-bond acceptors (Lipinski definition) is 2. The fourth-order valence-corrected chi connectivity index (χ4v) is 1.35. The number of halogens is 1. The Balaban J connectivity index is 2.43. The smallest absolute Gasteiger partial charge is 0.270 e. The highest BCUT2D eigenvalue weighted by atomic mass is 35.5. The highest BCUT2D eigenvalue weighted by molar-refractivity contribution is 6.31. The molecule has 1 unspecified atom stereocenters. The molecular formula is C8H5ClN2O. The first-order valence-corrected chi connectivity index (χ1v) is 3.85. The van der Waals surface area contributed by atoms with E-state index in [0.717, 1.165) is 5.57 Å². The van der Waals surface area contributed by atoms with Gasteiger partial charge >= 0.3 is 0 Å². The fourth-order valence-electron chi connectivity index (χ4n) is 1.15. The van der Waals surface area contributed by atoms with Crippen LogP contribution in [0.4, 0.5) is 0 Å². The zero-order valence-electron chi connectivity index (χ0n) is 6.07. The van der Waals surface area contributed by atoms with Gasteiger partial charge in [-0.2, -0.15) is 5.11 Å². The molecule has 1 heterocycles. The van der Waals surface area contributed by atoms with Crippen molar-refractivity contribution in [2.45, 2.75) is 0 Å². The number of carbonyl (C=O) groups excluding carboxylic acids is 1. The van der Waals surface area contributed by atoms with Gasteiger partial charge in [0.1, 0.15) is 0 Å². The van der Waals surface area contributed by atoms with E-state index in [4.69, 9.17) is 11.6 Å². The third-order valence-electron chi connectivity index (χ3n) is 1.74. The van der Waals surface area contributed by atoms with Crippen LogP contribution < -0.4 is 0 Å². The first-order valence-electron chi connectivity index (χ1n) is 3.47. The standard InChI is InChI=1S/C8H5ClN2O/c9-6-1-2-7-5(3-6)4-10-11-8(7)12/h1-4,7H. The van der Waals surface area contributed by atoms with Gasteiger partial charge in [-0.1, -0.05) is 17.7 Å². The molecular weight excluding hydrogens is 176 g/mol. The molecule has 0 radical (unpaired) electrons. The molecule has 1 atom stereocenters. The van der Waals surface area contributed by atoms with Crippen LogP contribution in [0, 0.1) is 5.92 Å². The van der Waals surface area contributed by atoms with Crippen molar-refractivity contribution in [3.63, 3.8) is 0 Å². The van der Waals surface area contributed by atoms with Gasteiger partial charge in [-0.25, -0.2) is 0 Å². The Morgan fingerprint density at radius 3 is 3.17 bits per heavy atom. The lowest BCUT2D eigenvalue weighted by atomic mass is 9.94. The molecule has 0 aromatic heterocycles. The summed E-state index contributed by atoms with van der Waals surface area (Å²) in [6.07, 6.45) is 6.71. The molecule has 3 nitrogen and oxygen atoms in total. The van der Waals surface area contributed by atoms with E-state index < -0.39 is 0 Å². The molecule has 2 rings (SSSR count). The molecule has 4 heteroatoms. The van der Waals surface area contributed by atoms with Crippen molar-refractivity contribution in [3.8, 4) is 0 Å². The molecule has 0 saturated carbocycles. The summed E-state index contributed by atoms with van der Waals surface area (Å²) in [5.74, 6) is -0.505. The van der Waals surface area contributed by atoms with E-state index in [1.54, 1.807) is 24.4 Å². The maximum absolute atomic E-state index is 11.1. The normalized spacial score (nSPS) is 26.4. The van der Waals surface area contributed by atoms with Crippen molar-refractivity contribution >= 4 is 17.5 Å². The fraction of sp³-hybridized carbons (Fsp3) is 0.125. The van der Waals surface area contributed by atoms with Crippen LogP contribution in [-0.2, 0) is 4.79 Å². The second-order valence-electron chi connectivity index (χ2n) is 2.55. The van der Waals surface area contributed by atoms with Gasteiger partial charge in [0, 0.05) is 5.03 Å². The predicted octanol–water partition coefficient (Wildman–Crippen LogP) is 2.17. The summed E-state index contributed by atoms with van der Waals surface area (Å²) < 4.78 is 0. The minimum Gasteiger partial charge on any atom is -0.270 e. The number of azo groups is 1. The highest BCUT2D eigenvalue weighted by Crippen LogP contribution is 2.27. The molecule has 1 aliphatic carbocycles. The van der Waals surface area contributed by atoms with Gasteiger partial charge in [0.05, 0.1) is 12.1 Å². The van der Waals surface area contributed by atoms with E-state index in [0.29, 0.717) is 5.03 Å². The minimum atomic E-state index is -0.273. The lowest BCUT2D eigenvalue weighted by Crippen LogP contribution is -2.15. The zero-order valence-corrected chi connectivity index (χ0v) is 6.82. The summed E-state index contributed by atoms with van der Waals surface area (Å²) in [7, 11) is 0. The Morgan fingerprint density at radius 1 is 1.50 bits per heavy atom. The van der Waals surface area contributed by atoms with E-state index in [2.05, 4.69) is 10.2 Å². The first-order chi connectivity index (χ1) is 5.77. The number of nitrogens with zero attached hydrogens (tertiary/aromatic N) is 2. The van der Waals surface area contributed by atoms with Crippen molar-refractivity contribution in [3.05, 3.63) is 35.0 Å². The Bertz CT molecular complexity index is 352. The Labute approximate surface area is 74.1 Å². The summed E-state index contributed by atoms with van der Waals surface area (Å²) in [4.78, 5) is 11.1. The van der Waals surface area contributed by atoms with Crippen LogP contribution in [-0.4, -0.2) is 5.91 Å². The maximum atomic E-state index is 11.1. The van der Waals surface area contributed by atoms with Crippen molar-refractivity contribution in [2.24, 2.45) is 16.1 Å². The van der Waals surface area contributed by atoms with E-state index >= 15 is 0 Å². The average molecular weight is 181 g/mol. The number of hydrogen-bond donors (Lipinski definition) is 0. The summed E-state index contributed by atoms with van der Waals surface area (Å²) in [5.41, 5.74) is 0.808. The molecule has 0 aromatic carbocycles. The number of rotatable bonds is 0. The van der Waals surface area contributed by atoms with Crippen molar-refractivity contribution < 1.29 is 4.79 Å². The molecule has 0 fully saturated rings. The van der Waals surface area contributed by atoms with Gasteiger partial charge in [-0.05, 0) is 17.7 Å². The van der Waals surface area contributed by atoms with E-state index in [1.807, 2.05) is 0 Å². The van der Waals surface area contributed by atoms with E-state index in [1.165, 1.54) is 0 Å². The number of allylic oxidation sites excluding steroid dienone is 3.